The smallest absolute Gasteiger partial charge is 0.191 e. The Balaban J connectivity index is 0.00000243. The molecule has 7 heteroatoms. The number of nitrogens with zero attached hydrogens (tertiary/aromatic N) is 2. The van der Waals surface area contributed by atoms with Crippen LogP contribution in [0.25, 0.3) is 0 Å². The zero-order valence-electron chi connectivity index (χ0n) is 15.5. The van der Waals surface area contributed by atoms with Crippen LogP contribution in [0.5, 0.6) is 0 Å². The minimum Gasteiger partial charge on any atom is -0.465 e. The number of aryl methyl sites for hydroxylation is 1. The Hall–Kier alpha value is -1.06. The standard InChI is InChI=1S/C19H28N4OS.HI/c1-3-20-19(21-13-16-7-6-12-25-16)22-14-17(23-10-4-5-11-23)18-9-8-15(2)24-18;/h6-9,12,17H,3-5,10-11,13-14H2,1-2H3,(H2,20,21,22);1H. The summed E-state index contributed by atoms with van der Waals surface area (Å²) in [6, 6.07) is 8.60. The molecule has 3 rings (SSSR count). The molecule has 0 aromatic carbocycles. The van der Waals surface area contributed by atoms with Crippen LogP contribution in [-0.4, -0.2) is 37.0 Å². The van der Waals surface area contributed by atoms with E-state index in [1.165, 1.54) is 17.7 Å². The van der Waals surface area contributed by atoms with Gasteiger partial charge in [-0.1, -0.05) is 6.07 Å². The van der Waals surface area contributed by atoms with Gasteiger partial charge in [0.25, 0.3) is 0 Å². The molecule has 26 heavy (non-hydrogen) atoms. The zero-order valence-corrected chi connectivity index (χ0v) is 18.7. The van der Waals surface area contributed by atoms with Crippen LogP contribution in [0, 0.1) is 6.92 Å². The first kappa shape index (κ1) is 21.2. The minimum absolute atomic E-state index is 0. The summed E-state index contributed by atoms with van der Waals surface area (Å²) in [5, 5.41) is 8.94. The van der Waals surface area contributed by atoms with Crippen LogP contribution in [0.1, 0.15) is 42.2 Å². The molecule has 1 aliphatic heterocycles. The number of rotatable bonds is 7. The Labute approximate surface area is 177 Å². The van der Waals surface area contributed by atoms with Crippen molar-refractivity contribution in [2.75, 3.05) is 26.2 Å². The largest absolute Gasteiger partial charge is 0.465 e. The third-order valence-corrected chi connectivity index (χ3v) is 5.31. The van der Waals surface area contributed by atoms with Crippen LogP contribution in [0.2, 0.25) is 0 Å². The molecule has 1 aliphatic rings. The van der Waals surface area contributed by atoms with E-state index >= 15 is 0 Å². The minimum atomic E-state index is 0. The predicted octanol–water partition coefficient (Wildman–Crippen LogP) is 4.16. The Bertz CT molecular complexity index is 665. The molecule has 0 saturated carbocycles. The molecule has 2 aromatic heterocycles. The highest BCUT2D eigenvalue weighted by molar-refractivity contribution is 14.0. The van der Waals surface area contributed by atoms with Gasteiger partial charge < -0.3 is 15.1 Å². The van der Waals surface area contributed by atoms with E-state index in [0.29, 0.717) is 6.54 Å². The average molecular weight is 488 g/mol. The van der Waals surface area contributed by atoms with Crippen molar-refractivity contribution < 1.29 is 4.42 Å². The van der Waals surface area contributed by atoms with Crippen molar-refractivity contribution in [3.63, 3.8) is 0 Å². The van der Waals surface area contributed by atoms with Crippen molar-refractivity contribution in [1.82, 2.24) is 15.5 Å². The molecule has 0 aliphatic carbocycles. The highest BCUT2D eigenvalue weighted by Gasteiger charge is 2.26. The maximum Gasteiger partial charge on any atom is 0.191 e. The van der Waals surface area contributed by atoms with Gasteiger partial charge in [-0.05, 0) is 63.4 Å². The number of furan rings is 1. The molecule has 144 valence electrons. The number of aliphatic imine (C=N–C) groups is 1. The normalized spacial score (nSPS) is 16.3. The molecule has 2 aromatic rings. The van der Waals surface area contributed by atoms with Crippen LogP contribution in [0.3, 0.4) is 0 Å². The van der Waals surface area contributed by atoms with Crippen molar-refractivity contribution in [1.29, 1.82) is 0 Å². The van der Waals surface area contributed by atoms with E-state index in [9.17, 15) is 0 Å². The van der Waals surface area contributed by atoms with Gasteiger partial charge in [-0.15, -0.1) is 35.3 Å². The predicted molar refractivity (Wildman–Crippen MR) is 120 cm³/mol. The Morgan fingerprint density at radius 1 is 1.27 bits per heavy atom. The quantitative estimate of drug-likeness (QED) is 0.349. The van der Waals surface area contributed by atoms with Gasteiger partial charge in [-0.25, -0.2) is 4.99 Å². The first-order valence-electron chi connectivity index (χ1n) is 9.11. The van der Waals surface area contributed by atoms with Crippen LogP contribution < -0.4 is 10.6 Å². The van der Waals surface area contributed by atoms with Crippen molar-refractivity contribution in [2.45, 2.75) is 39.3 Å². The van der Waals surface area contributed by atoms with Crippen molar-refractivity contribution >= 4 is 41.3 Å². The topological polar surface area (TPSA) is 52.8 Å². The first-order valence-corrected chi connectivity index (χ1v) is 9.99. The molecule has 1 atom stereocenters. The van der Waals surface area contributed by atoms with Crippen LogP contribution >= 0.6 is 35.3 Å². The van der Waals surface area contributed by atoms with Gasteiger partial charge in [-0.3, -0.25) is 4.90 Å². The monoisotopic (exact) mass is 488 g/mol. The molecule has 0 radical (unpaired) electrons. The van der Waals surface area contributed by atoms with Gasteiger partial charge in [0.15, 0.2) is 5.96 Å². The fourth-order valence-corrected chi connectivity index (χ4v) is 3.82. The molecule has 0 bridgehead atoms. The highest BCUT2D eigenvalue weighted by atomic mass is 127. The number of likely N-dealkylation sites (tertiary alicyclic amines) is 1. The highest BCUT2D eigenvalue weighted by Crippen LogP contribution is 2.26. The lowest BCUT2D eigenvalue weighted by atomic mass is 10.2. The second-order valence-corrected chi connectivity index (χ2v) is 7.39. The average Bonchev–Trinajstić information content (AvgIpc) is 3.36. The second kappa shape index (κ2) is 10.9. The molecule has 3 heterocycles. The number of hydrogen-bond acceptors (Lipinski definition) is 4. The third kappa shape index (κ3) is 5.99. The van der Waals surface area contributed by atoms with E-state index in [-0.39, 0.29) is 30.0 Å². The lowest BCUT2D eigenvalue weighted by Gasteiger charge is -2.26. The molecule has 1 fully saturated rings. The summed E-state index contributed by atoms with van der Waals surface area (Å²) in [5.74, 6) is 2.88. The number of thiophene rings is 1. The molecule has 1 saturated heterocycles. The fourth-order valence-electron chi connectivity index (χ4n) is 3.19. The summed E-state index contributed by atoms with van der Waals surface area (Å²) in [4.78, 5) is 8.49. The van der Waals surface area contributed by atoms with E-state index in [4.69, 9.17) is 9.41 Å². The van der Waals surface area contributed by atoms with Crippen LogP contribution in [0.15, 0.2) is 39.1 Å². The zero-order chi connectivity index (χ0) is 17.5. The second-order valence-electron chi connectivity index (χ2n) is 6.36. The van der Waals surface area contributed by atoms with Gasteiger partial charge in [0.1, 0.15) is 11.5 Å². The molecule has 5 nitrogen and oxygen atoms in total. The van der Waals surface area contributed by atoms with E-state index in [1.54, 1.807) is 11.3 Å². The molecule has 2 N–H and O–H groups in total. The van der Waals surface area contributed by atoms with Crippen LogP contribution in [-0.2, 0) is 6.54 Å². The maximum absolute atomic E-state index is 5.93. The third-order valence-electron chi connectivity index (χ3n) is 4.45. The molecule has 1 unspecified atom stereocenters. The Kier molecular flexibility index (Phi) is 8.94. The number of halogens is 1. The SMILES string of the molecule is CCNC(=NCc1cccs1)NCC(c1ccc(C)o1)N1CCCC1.I. The number of guanidine groups is 1. The number of hydrogen-bond donors (Lipinski definition) is 2. The van der Waals surface area contributed by atoms with E-state index < -0.39 is 0 Å². The Morgan fingerprint density at radius 2 is 2.08 bits per heavy atom. The lowest BCUT2D eigenvalue weighted by Crippen LogP contribution is -2.42. The van der Waals surface area contributed by atoms with Crippen LogP contribution in [0.4, 0.5) is 0 Å². The lowest BCUT2D eigenvalue weighted by molar-refractivity contribution is 0.213. The van der Waals surface area contributed by atoms with Crippen molar-refractivity contribution in [2.24, 2.45) is 4.99 Å². The van der Waals surface area contributed by atoms with Gasteiger partial charge in [-0.2, -0.15) is 0 Å². The van der Waals surface area contributed by atoms with E-state index in [0.717, 1.165) is 43.7 Å². The number of nitrogens with one attached hydrogen (secondary N) is 2. The van der Waals surface area contributed by atoms with Crippen molar-refractivity contribution in [3.8, 4) is 0 Å². The fraction of sp³-hybridized carbons (Fsp3) is 0.526. The summed E-state index contributed by atoms with van der Waals surface area (Å²) >= 11 is 1.74. The molecule has 0 spiro atoms. The summed E-state index contributed by atoms with van der Waals surface area (Å²) in [7, 11) is 0. The summed E-state index contributed by atoms with van der Waals surface area (Å²) in [6.45, 7) is 8.72. The van der Waals surface area contributed by atoms with Crippen molar-refractivity contribution in [3.05, 3.63) is 46.0 Å². The van der Waals surface area contributed by atoms with Gasteiger partial charge in [0, 0.05) is 18.0 Å². The summed E-state index contributed by atoms with van der Waals surface area (Å²) in [6.07, 6.45) is 2.53. The Morgan fingerprint density at radius 3 is 2.69 bits per heavy atom. The van der Waals surface area contributed by atoms with E-state index in [2.05, 4.69) is 52.1 Å². The van der Waals surface area contributed by atoms with Gasteiger partial charge in [0.05, 0.1) is 12.6 Å². The first-order chi connectivity index (χ1) is 12.3. The summed E-state index contributed by atoms with van der Waals surface area (Å²) in [5.41, 5.74) is 0. The van der Waals surface area contributed by atoms with Gasteiger partial charge >= 0.3 is 0 Å². The van der Waals surface area contributed by atoms with E-state index in [1.807, 2.05) is 6.92 Å². The molecular formula is C19H29IN4OS. The maximum atomic E-state index is 5.93. The van der Waals surface area contributed by atoms with Gasteiger partial charge in [0.2, 0.25) is 0 Å². The molecule has 0 amide bonds. The summed E-state index contributed by atoms with van der Waals surface area (Å²) < 4.78 is 5.93. The molecular weight excluding hydrogens is 459 g/mol.